The van der Waals surface area contributed by atoms with Crippen molar-refractivity contribution in [3.63, 3.8) is 0 Å². The number of carbonyl (C=O) groups is 1. The van der Waals surface area contributed by atoms with Gasteiger partial charge in [0.15, 0.2) is 0 Å². The second-order valence-electron chi connectivity index (χ2n) is 7.90. The molecule has 3 aromatic carbocycles. The highest BCUT2D eigenvalue weighted by atomic mass is 79.9. The minimum absolute atomic E-state index is 0.114. The summed E-state index contributed by atoms with van der Waals surface area (Å²) in [6.07, 6.45) is 3.67. The van der Waals surface area contributed by atoms with E-state index in [-0.39, 0.29) is 5.91 Å². The Bertz CT molecular complexity index is 1470. The van der Waals surface area contributed by atoms with E-state index in [1.165, 1.54) is 0 Å². The molecule has 0 bridgehead atoms. The topological polar surface area (TPSA) is 33.5 Å². The van der Waals surface area contributed by atoms with Crippen molar-refractivity contribution < 1.29 is 9.21 Å². The van der Waals surface area contributed by atoms with Gasteiger partial charge in [0.1, 0.15) is 11.5 Å². The summed E-state index contributed by atoms with van der Waals surface area (Å²) in [4.78, 5) is 15.4. The summed E-state index contributed by atoms with van der Waals surface area (Å²) in [7, 11) is 0. The van der Waals surface area contributed by atoms with Crippen LogP contribution in [0.15, 0.2) is 99.4 Å². The number of hydrogen-bond acceptors (Lipinski definition) is 2. The van der Waals surface area contributed by atoms with Crippen LogP contribution in [0, 0.1) is 6.92 Å². The van der Waals surface area contributed by atoms with Gasteiger partial charge in [0, 0.05) is 15.6 Å². The summed E-state index contributed by atoms with van der Waals surface area (Å²) in [5.74, 6) is 1.10. The van der Waals surface area contributed by atoms with Gasteiger partial charge in [-0.15, -0.1) is 0 Å². The minimum Gasteiger partial charge on any atom is -0.457 e. The van der Waals surface area contributed by atoms with Crippen LogP contribution in [0.25, 0.3) is 23.1 Å². The fraction of sp³-hybridized carbons (Fsp3) is 0.0357. The summed E-state index contributed by atoms with van der Waals surface area (Å²) in [5.41, 5.74) is 4.95. The van der Waals surface area contributed by atoms with E-state index in [0.717, 1.165) is 32.5 Å². The standard InChI is InChI=1S/C28H18BrCl2NO2/c1-17-13-21(29)8-11-25(17)32-26(18-5-3-2-4-6-18)16-20(28(32)33)14-22-9-12-27(34-22)19-7-10-23(30)24(31)15-19/h2-16H,1H3/b20-14+. The van der Waals surface area contributed by atoms with Crippen LogP contribution >= 0.6 is 39.1 Å². The Labute approximate surface area is 216 Å². The first-order valence-corrected chi connectivity index (χ1v) is 12.1. The number of carbonyl (C=O) groups excluding carboxylic acids is 1. The maximum atomic E-state index is 13.6. The molecule has 168 valence electrons. The average Bonchev–Trinajstić information content (AvgIpc) is 3.42. The van der Waals surface area contributed by atoms with Gasteiger partial charge >= 0.3 is 0 Å². The van der Waals surface area contributed by atoms with Crippen molar-refractivity contribution in [2.24, 2.45) is 0 Å². The molecule has 2 heterocycles. The molecular weight excluding hydrogens is 533 g/mol. The molecule has 0 atom stereocenters. The van der Waals surface area contributed by atoms with E-state index in [9.17, 15) is 4.79 Å². The number of nitrogens with zero attached hydrogens (tertiary/aromatic N) is 1. The number of benzene rings is 3. The third-order valence-electron chi connectivity index (χ3n) is 5.58. The summed E-state index contributed by atoms with van der Waals surface area (Å²) >= 11 is 15.7. The Morgan fingerprint density at radius 2 is 1.68 bits per heavy atom. The van der Waals surface area contributed by atoms with Gasteiger partial charge < -0.3 is 4.42 Å². The van der Waals surface area contributed by atoms with Crippen LogP contribution in [-0.2, 0) is 4.79 Å². The molecule has 6 heteroatoms. The fourth-order valence-electron chi connectivity index (χ4n) is 3.93. The monoisotopic (exact) mass is 549 g/mol. The van der Waals surface area contributed by atoms with Gasteiger partial charge in [0.05, 0.1) is 21.4 Å². The van der Waals surface area contributed by atoms with E-state index in [1.807, 2.05) is 79.7 Å². The molecule has 4 aromatic rings. The van der Waals surface area contributed by atoms with Crippen molar-refractivity contribution >= 4 is 62.5 Å². The van der Waals surface area contributed by atoms with E-state index in [0.29, 0.717) is 27.1 Å². The molecule has 0 unspecified atom stereocenters. The minimum atomic E-state index is -0.114. The van der Waals surface area contributed by atoms with Crippen LogP contribution in [0.3, 0.4) is 0 Å². The highest BCUT2D eigenvalue weighted by Crippen LogP contribution is 2.38. The van der Waals surface area contributed by atoms with Gasteiger partial charge in [-0.2, -0.15) is 0 Å². The molecule has 0 fully saturated rings. The summed E-state index contributed by atoms with van der Waals surface area (Å²) in [5, 5.41) is 0.940. The first-order chi connectivity index (χ1) is 16.4. The lowest BCUT2D eigenvalue weighted by molar-refractivity contribution is -0.113. The van der Waals surface area contributed by atoms with Crippen LogP contribution in [0.2, 0.25) is 10.0 Å². The molecule has 0 spiro atoms. The Morgan fingerprint density at radius 1 is 0.882 bits per heavy atom. The summed E-state index contributed by atoms with van der Waals surface area (Å²) in [6, 6.07) is 24.8. The number of hydrogen-bond donors (Lipinski definition) is 0. The number of halogens is 3. The average molecular weight is 551 g/mol. The lowest BCUT2D eigenvalue weighted by Crippen LogP contribution is -2.25. The molecule has 1 aliphatic heterocycles. The van der Waals surface area contributed by atoms with Crippen molar-refractivity contribution in [1.82, 2.24) is 0 Å². The number of aryl methyl sites for hydroxylation is 1. The smallest absolute Gasteiger partial charge is 0.263 e. The van der Waals surface area contributed by atoms with Crippen LogP contribution in [0.4, 0.5) is 5.69 Å². The Kier molecular flexibility index (Phi) is 6.22. The fourth-order valence-corrected chi connectivity index (χ4v) is 4.71. The predicted molar refractivity (Wildman–Crippen MR) is 143 cm³/mol. The third kappa shape index (κ3) is 4.37. The number of amides is 1. The molecule has 0 radical (unpaired) electrons. The molecule has 1 amide bonds. The zero-order valence-electron chi connectivity index (χ0n) is 18.1. The van der Waals surface area contributed by atoms with Crippen molar-refractivity contribution in [2.45, 2.75) is 6.92 Å². The Balaban J connectivity index is 1.55. The van der Waals surface area contributed by atoms with Crippen molar-refractivity contribution in [2.75, 3.05) is 4.90 Å². The molecule has 34 heavy (non-hydrogen) atoms. The highest BCUT2D eigenvalue weighted by Gasteiger charge is 2.31. The molecule has 0 N–H and O–H groups in total. The maximum absolute atomic E-state index is 13.6. The molecule has 0 saturated heterocycles. The summed E-state index contributed by atoms with van der Waals surface area (Å²) < 4.78 is 6.98. The van der Waals surface area contributed by atoms with E-state index in [2.05, 4.69) is 15.9 Å². The number of rotatable bonds is 4. The van der Waals surface area contributed by atoms with Crippen LogP contribution in [-0.4, -0.2) is 5.91 Å². The second-order valence-corrected chi connectivity index (χ2v) is 9.63. The predicted octanol–water partition coefficient (Wildman–Crippen LogP) is 8.80. The van der Waals surface area contributed by atoms with E-state index < -0.39 is 0 Å². The van der Waals surface area contributed by atoms with Crippen LogP contribution in [0.1, 0.15) is 16.9 Å². The van der Waals surface area contributed by atoms with E-state index >= 15 is 0 Å². The number of furan rings is 1. The van der Waals surface area contributed by atoms with Crippen molar-refractivity contribution in [3.8, 4) is 11.3 Å². The van der Waals surface area contributed by atoms with E-state index in [1.54, 1.807) is 23.1 Å². The molecule has 3 nitrogen and oxygen atoms in total. The molecular formula is C28H18BrCl2NO2. The quantitative estimate of drug-likeness (QED) is 0.238. The highest BCUT2D eigenvalue weighted by molar-refractivity contribution is 9.10. The van der Waals surface area contributed by atoms with Gasteiger partial charge in [-0.25, -0.2) is 0 Å². The van der Waals surface area contributed by atoms with Gasteiger partial charge in [-0.3, -0.25) is 9.69 Å². The van der Waals surface area contributed by atoms with Crippen molar-refractivity contribution in [1.29, 1.82) is 0 Å². The van der Waals surface area contributed by atoms with Gasteiger partial charge in [-0.1, -0.05) is 69.5 Å². The van der Waals surface area contributed by atoms with Crippen LogP contribution < -0.4 is 4.90 Å². The lowest BCUT2D eigenvalue weighted by atomic mass is 10.1. The first-order valence-electron chi connectivity index (χ1n) is 10.6. The van der Waals surface area contributed by atoms with Crippen molar-refractivity contribution in [3.05, 3.63) is 122 Å². The second kappa shape index (κ2) is 9.30. The van der Waals surface area contributed by atoms with Gasteiger partial charge in [0.2, 0.25) is 0 Å². The molecule has 1 aromatic heterocycles. The first kappa shape index (κ1) is 22.7. The summed E-state index contributed by atoms with van der Waals surface area (Å²) in [6.45, 7) is 1.99. The maximum Gasteiger partial charge on any atom is 0.263 e. The Morgan fingerprint density at radius 3 is 2.41 bits per heavy atom. The molecule has 5 rings (SSSR count). The molecule has 0 aliphatic carbocycles. The zero-order chi connectivity index (χ0) is 23.8. The zero-order valence-corrected chi connectivity index (χ0v) is 21.2. The largest absolute Gasteiger partial charge is 0.457 e. The molecule has 0 saturated carbocycles. The van der Waals surface area contributed by atoms with Crippen LogP contribution in [0.5, 0.6) is 0 Å². The number of anilines is 1. The normalized spacial score (nSPS) is 14.7. The third-order valence-corrected chi connectivity index (χ3v) is 6.81. The molecule has 1 aliphatic rings. The Hall–Kier alpha value is -3.05. The SMILES string of the molecule is Cc1cc(Br)ccc1N1C(=O)/C(=C/c2ccc(-c3ccc(Cl)c(Cl)c3)o2)C=C1c1ccccc1. The lowest BCUT2D eigenvalue weighted by Gasteiger charge is -2.23. The van der Waals surface area contributed by atoms with Gasteiger partial charge in [0.25, 0.3) is 5.91 Å². The van der Waals surface area contributed by atoms with Gasteiger partial charge in [-0.05, 0) is 78.7 Å². The van der Waals surface area contributed by atoms with E-state index in [4.69, 9.17) is 27.6 Å².